The molecule has 1 amide bonds. The molecule has 2 aromatic rings. The predicted molar refractivity (Wildman–Crippen MR) is 95.5 cm³/mol. The number of ether oxygens (including phenoxy) is 1. The maximum Gasteiger partial charge on any atom is 0.261 e. The first-order chi connectivity index (χ1) is 11.0. The van der Waals surface area contributed by atoms with Crippen LogP contribution in [0.4, 0.5) is 0 Å². The summed E-state index contributed by atoms with van der Waals surface area (Å²) in [6.07, 6.45) is 1.98. The average molecular weight is 329 g/mol. The van der Waals surface area contributed by atoms with E-state index in [2.05, 4.69) is 44.3 Å². The van der Waals surface area contributed by atoms with E-state index in [0.717, 1.165) is 23.5 Å². The van der Waals surface area contributed by atoms with Gasteiger partial charge in [-0.1, -0.05) is 13.8 Å². The number of carbonyl (C=O) groups is 1. The molecule has 3 nitrogen and oxygen atoms in total. The van der Waals surface area contributed by atoms with E-state index < -0.39 is 0 Å². The summed E-state index contributed by atoms with van der Waals surface area (Å²) in [7, 11) is 1.69. The van der Waals surface area contributed by atoms with Crippen LogP contribution in [0.3, 0.4) is 0 Å². The molecule has 1 aliphatic rings. The highest BCUT2D eigenvalue weighted by Crippen LogP contribution is 2.40. The topological polar surface area (TPSA) is 38.3 Å². The van der Waals surface area contributed by atoms with Crippen molar-refractivity contribution in [3.63, 3.8) is 0 Å². The van der Waals surface area contributed by atoms with Crippen molar-refractivity contribution in [3.8, 4) is 16.2 Å². The number of hydrogen-bond donors (Lipinski definition) is 1. The zero-order valence-corrected chi connectivity index (χ0v) is 14.9. The van der Waals surface area contributed by atoms with Gasteiger partial charge in [-0.3, -0.25) is 4.79 Å². The lowest BCUT2D eigenvalue weighted by Crippen LogP contribution is -2.35. The number of carbonyl (C=O) groups excluding carboxylic acids is 1. The van der Waals surface area contributed by atoms with Crippen molar-refractivity contribution < 1.29 is 9.53 Å². The predicted octanol–water partition coefficient (Wildman–Crippen LogP) is 4.30. The molecule has 0 bridgehead atoms. The van der Waals surface area contributed by atoms with Crippen LogP contribution in [0.2, 0.25) is 0 Å². The molecule has 122 valence electrons. The van der Waals surface area contributed by atoms with Crippen LogP contribution < -0.4 is 10.1 Å². The van der Waals surface area contributed by atoms with Gasteiger partial charge in [0.15, 0.2) is 0 Å². The molecule has 1 N–H and O–H groups in total. The van der Waals surface area contributed by atoms with Gasteiger partial charge in [0.2, 0.25) is 0 Å². The van der Waals surface area contributed by atoms with Crippen molar-refractivity contribution in [2.45, 2.75) is 39.7 Å². The molecule has 0 saturated heterocycles. The second-order valence-corrected chi connectivity index (χ2v) is 7.55. The Hall–Kier alpha value is -1.81. The number of hydrogen-bond acceptors (Lipinski definition) is 3. The molecular formula is C19H23NO2S. The summed E-state index contributed by atoms with van der Waals surface area (Å²) in [5.74, 6) is 1.37. The van der Waals surface area contributed by atoms with Gasteiger partial charge in [0.25, 0.3) is 5.91 Å². The standard InChI is InChI=1S/C19H23NO2S/c1-11(2)12(3)20-19(21)17-10-14-6-5-13-9-15(22-4)7-8-16(13)18(14)23-17/h7-12H,5-6H2,1-4H3,(H,20,21). The largest absolute Gasteiger partial charge is 0.497 e. The van der Waals surface area contributed by atoms with Crippen molar-refractivity contribution in [1.29, 1.82) is 0 Å². The van der Waals surface area contributed by atoms with E-state index in [1.165, 1.54) is 21.6 Å². The maximum absolute atomic E-state index is 12.5. The van der Waals surface area contributed by atoms with Crippen molar-refractivity contribution >= 4 is 17.2 Å². The molecule has 0 saturated carbocycles. The first kappa shape index (κ1) is 16.1. The Morgan fingerprint density at radius 3 is 2.61 bits per heavy atom. The molecule has 3 rings (SSSR count). The monoisotopic (exact) mass is 329 g/mol. The number of fused-ring (bicyclic) bond motifs is 3. The minimum absolute atomic E-state index is 0.0423. The normalized spacial score (nSPS) is 14.1. The lowest BCUT2D eigenvalue weighted by molar-refractivity contribution is 0.0934. The lowest BCUT2D eigenvalue weighted by Gasteiger charge is -2.16. The van der Waals surface area contributed by atoms with Gasteiger partial charge in [0, 0.05) is 10.9 Å². The van der Waals surface area contributed by atoms with Crippen LogP contribution in [0.1, 0.15) is 41.6 Å². The summed E-state index contributed by atoms with van der Waals surface area (Å²) in [5, 5.41) is 3.10. The fraction of sp³-hybridized carbons (Fsp3) is 0.421. The Bertz CT molecular complexity index is 733. The van der Waals surface area contributed by atoms with Crippen LogP contribution in [-0.4, -0.2) is 19.1 Å². The quantitative estimate of drug-likeness (QED) is 0.908. The molecule has 1 atom stereocenters. The zero-order valence-electron chi connectivity index (χ0n) is 14.1. The molecule has 1 aromatic carbocycles. The number of thiophene rings is 1. The molecule has 4 heteroatoms. The van der Waals surface area contributed by atoms with Crippen LogP contribution >= 0.6 is 11.3 Å². The first-order valence-corrected chi connectivity index (χ1v) is 8.92. The number of amides is 1. The molecule has 1 aliphatic carbocycles. The van der Waals surface area contributed by atoms with Crippen LogP contribution in [0.15, 0.2) is 24.3 Å². The Kier molecular flexibility index (Phi) is 4.44. The summed E-state index contributed by atoms with van der Waals surface area (Å²) in [6, 6.07) is 8.46. The second kappa shape index (κ2) is 6.36. The molecule has 0 spiro atoms. The fourth-order valence-corrected chi connectivity index (χ4v) is 3.97. The van der Waals surface area contributed by atoms with Crippen molar-refractivity contribution in [2.75, 3.05) is 7.11 Å². The van der Waals surface area contributed by atoms with Crippen LogP contribution in [-0.2, 0) is 12.8 Å². The van der Waals surface area contributed by atoms with Gasteiger partial charge >= 0.3 is 0 Å². The zero-order chi connectivity index (χ0) is 16.6. The van der Waals surface area contributed by atoms with Crippen LogP contribution in [0, 0.1) is 5.92 Å². The SMILES string of the molecule is COc1ccc2c(c1)CCc1cc(C(=O)NC(C)C(C)C)sc1-2. The number of aryl methyl sites for hydroxylation is 2. The van der Waals surface area contributed by atoms with Gasteiger partial charge in [-0.15, -0.1) is 11.3 Å². The van der Waals surface area contributed by atoms with Gasteiger partial charge in [-0.2, -0.15) is 0 Å². The van der Waals surface area contributed by atoms with E-state index in [-0.39, 0.29) is 11.9 Å². The third-order valence-corrected chi connectivity index (χ3v) is 5.82. The van der Waals surface area contributed by atoms with Gasteiger partial charge in [0.05, 0.1) is 12.0 Å². The van der Waals surface area contributed by atoms with E-state index in [0.29, 0.717) is 5.92 Å². The van der Waals surface area contributed by atoms with Crippen molar-refractivity contribution in [1.82, 2.24) is 5.32 Å². The third kappa shape index (κ3) is 3.13. The number of rotatable bonds is 4. The van der Waals surface area contributed by atoms with Crippen molar-refractivity contribution in [3.05, 3.63) is 40.3 Å². The Morgan fingerprint density at radius 2 is 1.91 bits per heavy atom. The van der Waals surface area contributed by atoms with E-state index in [1.807, 2.05) is 6.07 Å². The summed E-state index contributed by atoms with van der Waals surface area (Å²) in [4.78, 5) is 14.5. The lowest BCUT2D eigenvalue weighted by atomic mass is 9.91. The fourth-order valence-electron chi connectivity index (χ4n) is 2.79. The van der Waals surface area contributed by atoms with Crippen LogP contribution in [0.5, 0.6) is 5.75 Å². The average Bonchev–Trinajstić information content (AvgIpc) is 2.98. The van der Waals surface area contributed by atoms with Gasteiger partial charge in [-0.25, -0.2) is 0 Å². The summed E-state index contributed by atoms with van der Waals surface area (Å²) in [5.41, 5.74) is 3.84. The molecule has 1 aromatic heterocycles. The molecule has 0 fully saturated rings. The minimum atomic E-state index is 0.0423. The molecule has 1 heterocycles. The summed E-state index contributed by atoms with van der Waals surface area (Å²) >= 11 is 1.60. The third-order valence-electron chi connectivity index (χ3n) is 4.61. The van der Waals surface area contributed by atoms with E-state index in [4.69, 9.17) is 4.74 Å². The molecule has 0 aliphatic heterocycles. The highest BCUT2D eigenvalue weighted by atomic mass is 32.1. The Morgan fingerprint density at radius 1 is 1.17 bits per heavy atom. The van der Waals surface area contributed by atoms with Gasteiger partial charge in [0.1, 0.15) is 5.75 Å². The number of benzene rings is 1. The van der Waals surface area contributed by atoms with Crippen molar-refractivity contribution in [2.24, 2.45) is 5.92 Å². The van der Waals surface area contributed by atoms with Gasteiger partial charge in [-0.05, 0) is 66.6 Å². The number of methoxy groups -OCH3 is 1. The van der Waals surface area contributed by atoms with E-state index in [1.54, 1.807) is 18.4 Å². The minimum Gasteiger partial charge on any atom is -0.497 e. The Balaban J connectivity index is 1.89. The highest BCUT2D eigenvalue weighted by Gasteiger charge is 2.23. The summed E-state index contributed by atoms with van der Waals surface area (Å²) in [6.45, 7) is 6.29. The molecule has 1 unspecified atom stereocenters. The summed E-state index contributed by atoms with van der Waals surface area (Å²) < 4.78 is 5.32. The maximum atomic E-state index is 12.5. The van der Waals surface area contributed by atoms with Gasteiger partial charge < -0.3 is 10.1 Å². The molecular weight excluding hydrogens is 306 g/mol. The van der Waals surface area contributed by atoms with Crippen LogP contribution in [0.25, 0.3) is 10.4 Å². The van der Waals surface area contributed by atoms with E-state index in [9.17, 15) is 4.79 Å². The smallest absolute Gasteiger partial charge is 0.261 e. The Labute approximate surface area is 141 Å². The molecule has 23 heavy (non-hydrogen) atoms. The highest BCUT2D eigenvalue weighted by molar-refractivity contribution is 7.17. The molecule has 0 radical (unpaired) electrons. The number of nitrogens with one attached hydrogen (secondary N) is 1. The van der Waals surface area contributed by atoms with E-state index >= 15 is 0 Å². The second-order valence-electron chi connectivity index (χ2n) is 6.49. The first-order valence-electron chi connectivity index (χ1n) is 8.10.